The van der Waals surface area contributed by atoms with Crippen molar-refractivity contribution in [2.75, 3.05) is 37.6 Å². The first kappa shape index (κ1) is 24.4. The van der Waals surface area contributed by atoms with E-state index in [1.807, 2.05) is 26.8 Å². The van der Waals surface area contributed by atoms with Gasteiger partial charge in [-0.2, -0.15) is 0 Å². The number of carbonyl (C=O) groups is 2. The monoisotopic (exact) mass is 470 g/mol. The summed E-state index contributed by atoms with van der Waals surface area (Å²) < 4.78 is 10.9. The summed E-state index contributed by atoms with van der Waals surface area (Å²) in [6.45, 7) is 10.9. The average molecular weight is 471 g/mol. The molecule has 186 valence electrons. The van der Waals surface area contributed by atoms with Gasteiger partial charge in [-0.05, 0) is 89.6 Å². The van der Waals surface area contributed by atoms with Crippen LogP contribution in [-0.2, 0) is 4.74 Å². The van der Waals surface area contributed by atoms with E-state index in [1.165, 1.54) is 19.3 Å². The molecule has 1 aromatic carbocycles. The second-order valence-electron chi connectivity index (χ2n) is 10.7. The van der Waals surface area contributed by atoms with Crippen LogP contribution in [0.25, 0.3) is 11.0 Å². The summed E-state index contributed by atoms with van der Waals surface area (Å²) in [4.78, 5) is 28.3. The van der Waals surface area contributed by atoms with Crippen LogP contribution < -0.4 is 16.0 Å². The predicted molar refractivity (Wildman–Crippen MR) is 133 cm³/mol. The van der Waals surface area contributed by atoms with E-state index in [-0.39, 0.29) is 17.9 Å². The predicted octanol–water partition coefficient (Wildman–Crippen LogP) is 4.13. The summed E-state index contributed by atoms with van der Waals surface area (Å²) in [6, 6.07) is 7.99. The second kappa shape index (κ2) is 10.3. The van der Waals surface area contributed by atoms with E-state index >= 15 is 0 Å². The zero-order valence-corrected chi connectivity index (χ0v) is 20.6. The number of furan rings is 1. The number of amides is 2. The quantitative estimate of drug-likeness (QED) is 0.658. The highest BCUT2D eigenvalue weighted by Crippen LogP contribution is 2.29. The Labute approximate surface area is 201 Å². The van der Waals surface area contributed by atoms with Gasteiger partial charge in [-0.15, -0.1) is 0 Å². The molecule has 2 fully saturated rings. The Kier molecular flexibility index (Phi) is 7.36. The highest BCUT2D eigenvalue weighted by atomic mass is 16.6. The lowest BCUT2D eigenvalue weighted by atomic mass is 9.84. The molecule has 1 aliphatic carbocycles. The van der Waals surface area contributed by atoms with Gasteiger partial charge < -0.3 is 25.1 Å². The third-order valence-corrected chi connectivity index (χ3v) is 6.90. The van der Waals surface area contributed by atoms with Crippen molar-refractivity contribution in [2.45, 2.75) is 64.5 Å². The number of alkyl carbamates (subject to hydrolysis) is 1. The van der Waals surface area contributed by atoms with E-state index in [0.717, 1.165) is 62.6 Å². The molecule has 0 radical (unpaired) electrons. The molecular weight excluding hydrogens is 432 g/mol. The van der Waals surface area contributed by atoms with Gasteiger partial charge in [-0.25, -0.2) is 4.79 Å². The van der Waals surface area contributed by atoms with Crippen LogP contribution in [0.1, 0.15) is 63.4 Å². The lowest BCUT2D eigenvalue weighted by molar-refractivity contribution is 0.0485. The largest absolute Gasteiger partial charge is 0.451 e. The van der Waals surface area contributed by atoms with Crippen molar-refractivity contribution in [1.82, 2.24) is 10.2 Å². The lowest BCUT2D eigenvalue weighted by Crippen LogP contribution is -2.47. The van der Waals surface area contributed by atoms with Crippen LogP contribution in [0.15, 0.2) is 28.7 Å². The van der Waals surface area contributed by atoms with Crippen LogP contribution in [0, 0.1) is 5.92 Å². The Morgan fingerprint density at radius 1 is 1.09 bits per heavy atom. The van der Waals surface area contributed by atoms with E-state index in [0.29, 0.717) is 5.58 Å². The fraction of sp³-hybridized carbons (Fsp3) is 0.615. The minimum absolute atomic E-state index is 0.201. The minimum atomic E-state index is -0.542. The van der Waals surface area contributed by atoms with E-state index in [2.05, 4.69) is 27.2 Å². The molecule has 1 aromatic heterocycles. The number of ether oxygens (including phenoxy) is 1. The maximum Gasteiger partial charge on any atom is 0.407 e. The molecule has 0 unspecified atom stereocenters. The Balaban J connectivity index is 1.17. The number of carbonyl (C=O) groups excluding carboxylic acids is 2. The molecule has 1 saturated carbocycles. The average Bonchev–Trinajstić information content (AvgIpc) is 3.22. The van der Waals surface area contributed by atoms with Crippen LogP contribution in [0.5, 0.6) is 0 Å². The normalized spacial score (nSPS) is 22.0. The molecule has 4 rings (SSSR count). The third-order valence-electron chi connectivity index (χ3n) is 6.90. The molecule has 0 atom stereocenters. The van der Waals surface area contributed by atoms with Crippen molar-refractivity contribution in [3.8, 4) is 0 Å². The number of benzene rings is 1. The number of nitrogens with zero attached hydrogens (tertiary/aromatic N) is 2. The van der Waals surface area contributed by atoms with Crippen LogP contribution in [0.3, 0.4) is 0 Å². The van der Waals surface area contributed by atoms with Gasteiger partial charge in [0.05, 0.1) is 0 Å². The van der Waals surface area contributed by atoms with Gasteiger partial charge in [0.25, 0.3) is 5.91 Å². The van der Waals surface area contributed by atoms with Gasteiger partial charge in [0, 0.05) is 43.3 Å². The van der Waals surface area contributed by atoms with Crippen molar-refractivity contribution in [1.29, 1.82) is 0 Å². The van der Waals surface area contributed by atoms with E-state index in [4.69, 9.17) is 14.9 Å². The number of fused-ring (bicyclic) bond motifs is 1. The fourth-order valence-electron chi connectivity index (χ4n) is 5.01. The highest BCUT2D eigenvalue weighted by Gasteiger charge is 2.26. The van der Waals surface area contributed by atoms with E-state index in [9.17, 15) is 9.59 Å². The smallest absolute Gasteiger partial charge is 0.407 e. The number of hydrogen-bond acceptors (Lipinski definition) is 6. The molecule has 1 aliphatic heterocycles. The molecule has 0 bridgehead atoms. The number of nitrogens with one attached hydrogen (secondary N) is 1. The molecule has 2 heterocycles. The number of primary amides is 1. The van der Waals surface area contributed by atoms with Crippen molar-refractivity contribution in [2.24, 2.45) is 11.7 Å². The van der Waals surface area contributed by atoms with E-state index in [1.54, 1.807) is 6.07 Å². The van der Waals surface area contributed by atoms with Crippen LogP contribution >= 0.6 is 0 Å². The molecule has 0 spiro atoms. The van der Waals surface area contributed by atoms with Gasteiger partial charge >= 0.3 is 6.09 Å². The molecule has 3 N–H and O–H groups in total. The third kappa shape index (κ3) is 6.44. The SMILES string of the molecule is CC(C)(C)OC(=O)N[C@H]1CC[C@H](CCN2CCN(c3ccc4oc(C(N)=O)cc4c3)CC2)CC1. The Morgan fingerprint density at radius 2 is 1.79 bits per heavy atom. The number of piperazine rings is 1. The number of nitrogens with two attached hydrogens (primary N) is 1. The molecule has 8 heteroatoms. The van der Waals surface area contributed by atoms with Crippen LogP contribution in [-0.4, -0.2) is 61.3 Å². The zero-order chi connectivity index (χ0) is 24.3. The number of hydrogen-bond donors (Lipinski definition) is 2. The zero-order valence-electron chi connectivity index (χ0n) is 20.6. The maximum absolute atomic E-state index is 12.0. The first-order valence-corrected chi connectivity index (χ1v) is 12.5. The fourth-order valence-corrected chi connectivity index (χ4v) is 5.01. The molecular formula is C26H38N4O4. The Bertz CT molecular complexity index is 996. The maximum atomic E-state index is 12.0. The van der Waals surface area contributed by atoms with Gasteiger partial charge in [0.1, 0.15) is 11.2 Å². The van der Waals surface area contributed by atoms with Crippen molar-refractivity contribution < 1.29 is 18.7 Å². The van der Waals surface area contributed by atoms with Gasteiger partial charge in [0.2, 0.25) is 0 Å². The summed E-state index contributed by atoms with van der Waals surface area (Å²) in [5.41, 5.74) is 6.72. The van der Waals surface area contributed by atoms with Crippen molar-refractivity contribution >= 4 is 28.7 Å². The molecule has 8 nitrogen and oxygen atoms in total. The second-order valence-corrected chi connectivity index (χ2v) is 10.7. The van der Waals surface area contributed by atoms with Crippen molar-refractivity contribution in [3.05, 3.63) is 30.0 Å². The van der Waals surface area contributed by atoms with Crippen LogP contribution in [0.2, 0.25) is 0 Å². The Morgan fingerprint density at radius 3 is 2.44 bits per heavy atom. The van der Waals surface area contributed by atoms with Gasteiger partial charge in [-0.3, -0.25) is 9.69 Å². The number of rotatable bonds is 6. The number of anilines is 1. The van der Waals surface area contributed by atoms with E-state index < -0.39 is 11.5 Å². The highest BCUT2D eigenvalue weighted by molar-refractivity contribution is 5.95. The lowest BCUT2D eigenvalue weighted by Gasteiger charge is -2.37. The first-order chi connectivity index (χ1) is 16.2. The summed E-state index contributed by atoms with van der Waals surface area (Å²) >= 11 is 0. The minimum Gasteiger partial charge on any atom is -0.451 e. The first-order valence-electron chi connectivity index (χ1n) is 12.5. The standard InChI is InChI=1S/C26H38N4O4/c1-26(2,3)34-25(32)28-20-6-4-18(5-7-20)10-11-29-12-14-30(15-13-29)21-8-9-22-19(16-21)17-23(33-22)24(27)31/h8-9,16-18,20H,4-7,10-15H2,1-3H3,(H2,27,31)(H,28,32)/t18-,20-. The Hall–Kier alpha value is -2.74. The summed E-state index contributed by atoms with van der Waals surface area (Å²) in [6.07, 6.45) is 5.32. The van der Waals surface area contributed by atoms with Crippen LogP contribution in [0.4, 0.5) is 10.5 Å². The van der Waals surface area contributed by atoms with Gasteiger partial charge in [-0.1, -0.05) is 0 Å². The van der Waals surface area contributed by atoms with Crippen molar-refractivity contribution in [3.63, 3.8) is 0 Å². The topological polar surface area (TPSA) is 101 Å². The molecule has 2 aromatic rings. The summed E-state index contributed by atoms with van der Waals surface area (Å²) in [7, 11) is 0. The van der Waals surface area contributed by atoms with Gasteiger partial charge in [0.15, 0.2) is 5.76 Å². The molecule has 2 amide bonds. The summed E-state index contributed by atoms with van der Waals surface area (Å²) in [5.74, 6) is 0.392. The molecule has 34 heavy (non-hydrogen) atoms. The summed E-state index contributed by atoms with van der Waals surface area (Å²) in [5, 5.41) is 3.94. The molecule has 2 aliphatic rings. The molecule has 1 saturated heterocycles.